The second kappa shape index (κ2) is 7.08. The van der Waals surface area contributed by atoms with Gasteiger partial charge in [-0.25, -0.2) is 0 Å². The van der Waals surface area contributed by atoms with Crippen molar-refractivity contribution >= 4 is 0 Å². The largest absolute Gasteiger partial charge is 0.502 e. The third kappa shape index (κ3) is 5.14. The van der Waals surface area contributed by atoms with E-state index in [1.54, 1.807) is 0 Å². The minimum Gasteiger partial charge on any atom is -0.502 e. The molecule has 0 atom stereocenters. The highest BCUT2D eigenvalue weighted by atomic mass is 16.5. The van der Waals surface area contributed by atoms with Crippen molar-refractivity contribution in [2.75, 3.05) is 6.61 Å². The fraction of sp³-hybridized carbons (Fsp3) is 0.875. The van der Waals surface area contributed by atoms with Crippen molar-refractivity contribution in [2.45, 2.75) is 74.1 Å². The Morgan fingerprint density at radius 2 is 1.47 bits per heavy atom. The molecule has 0 aliphatic heterocycles. The van der Waals surface area contributed by atoms with Gasteiger partial charge in [0.15, 0.2) is 0 Å². The summed E-state index contributed by atoms with van der Waals surface area (Å²) in [6.07, 6.45) is 6.75. The number of rotatable bonds is 8. The summed E-state index contributed by atoms with van der Waals surface area (Å²) < 4.78 is 5.57. The maximum absolute atomic E-state index is 5.57. The topological polar surface area (TPSA) is 9.23 Å². The normalized spacial score (nSPS) is 13.9. The van der Waals surface area contributed by atoms with E-state index >= 15 is 0 Å². The molecule has 0 saturated carbocycles. The standard InChI is InChI=1S/C16H32O/c1-8-15(5,6)12-14(13-17-11-4)16(7,9-2)10-3/h13H,8-12H2,1-7H3. The summed E-state index contributed by atoms with van der Waals surface area (Å²) in [6.45, 7) is 16.7. The summed E-state index contributed by atoms with van der Waals surface area (Å²) in [5.74, 6) is 0. The van der Waals surface area contributed by atoms with Crippen LogP contribution in [0, 0.1) is 10.8 Å². The Morgan fingerprint density at radius 3 is 1.82 bits per heavy atom. The molecule has 0 aromatic rings. The van der Waals surface area contributed by atoms with Crippen molar-refractivity contribution in [3.8, 4) is 0 Å². The second-order valence-corrected chi connectivity index (χ2v) is 6.06. The molecule has 0 fully saturated rings. The van der Waals surface area contributed by atoms with Crippen molar-refractivity contribution in [1.82, 2.24) is 0 Å². The molecule has 0 aromatic carbocycles. The zero-order valence-corrected chi connectivity index (χ0v) is 13.0. The molecule has 0 aromatic heterocycles. The van der Waals surface area contributed by atoms with Crippen LogP contribution in [0.4, 0.5) is 0 Å². The Bertz CT molecular complexity index is 234. The lowest BCUT2D eigenvalue weighted by Crippen LogP contribution is -2.23. The first-order chi connectivity index (χ1) is 7.85. The van der Waals surface area contributed by atoms with Crippen LogP contribution < -0.4 is 0 Å². The Hall–Kier alpha value is -0.460. The third-order valence-electron chi connectivity index (χ3n) is 4.35. The van der Waals surface area contributed by atoms with E-state index in [2.05, 4.69) is 41.5 Å². The average Bonchev–Trinajstić information content (AvgIpc) is 2.33. The first kappa shape index (κ1) is 16.5. The van der Waals surface area contributed by atoms with Gasteiger partial charge in [-0.15, -0.1) is 0 Å². The molecular formula is C16H32O. The SMILES string of the molecule is CCOC=C(CC(C)(C)CC)C(C)(CC)CC. The zero-order valence-electron chi connectivity index (χ0n) is 13.0. The van der Waals surface area contributed by atoms with E-state index in [4.69, 9.17) is 4.74 Å². The summed E-state index contributed by atoms with van der Waals surface area (Å²) >= 11 is 0. The van der Waals surface area contributed by atoms with Crippen molar-refractivity contribution in [2.24, 2.45) is 10.8 Å². The summed E-state index contributed by atoms with van der Waals surface area (Å²) in [7, 11) is 0. The second-order valence-electron chi connectivity index (χ2n) is 6.06. The maximum atomic E-state index is 5.57. The molecule has 0 spiro atoms. The van der Waals surface area contributed by atoms with Gasteiger partial charge in [-0.1, -0.05) is 48.0 Å². The third-order valence-corrected chi connectivity index (χ3v) is 4.35. The number of hydrogen-bond acceptors (Lipinski definition) is 1. The van der Waals surface area contributed by atoms with Crippen molar-refractivity contribution in [3.05, 3.63) is 11.8 Å². The smallest absolute Gasteiger partial charge is 0.0845 e. The van der Waals surface area contributed by atoms with Crippen LogP contribution in [0.2, 0.25) is 0 Å². The van der Waals surface area contributed by atoms with Gasteiger partial charge in [0.2, 0.25) is 0 Å². The molecule has 0 N–H and O–H groups in total. The van der Waals surface area contributed by atoms with E-state index in [1.807, 2.05) is 13.2 Å². The maximum Gasteiger partial charge on any atom is 0.0845 e. The van der Waals surface area contributed by atoms with E-state index in [-0.39, 0.29) is 0 Å². The highest BCUT2D eigenvalue weighted by Crippen LogP contribution is 2.42. The molecular weight excluding hydrogens is 208 g/mol. The lowest BCUT2D eigenvalue weighted by atomic mass is 9.71. The van der Waals surface area contributed by atoms with Crippen molar-refractivity contribution in [3.63, 3.8) is 0 Å². The van der Waals surface area contributed by atoms with E-state index < -0.39 is 0 Å². The molecule has 1 nitrogen and oxygen atoms in total. The first-order valence-corrected chi connectivity index (χ1v) is 7.16. The number of ether oxygens (including phenoxy) is 1. The van der Waals surface area contributed by atoms with Gasteiger partial charge in [0.05, 0.1) is 12.9 Å². The number of allylic oxidation sites excluding steroid dienone is 1. The van der Waals surface area contributed by atoms with Crippen molar-refractivity contribution in [1.29, 1.82) is 0 Å². The summed E-state index contributed by atoms with van der Waals surface area (Å²) in [5.41, 5.74) is 2.15. The van der Waals surface area contributed by atoms with Gasteiger partial charge in [0.25, 0.3) is 0 Å². The van der Waals surface area contributed by atoms with Crippen molar-refractivity contribution < 1.29 is 4.74 Å². The summed E-state index contributed by atoms with van der Waals surface area (Å²) in [5, 5.41) is 0. The van der Waals surface area contributed by atoms with Crippen LogP contribution >= 0.6 is 0 Å². The molecule has 0 aliphatic carbocycles. The van der Waals surface area contributed by atoms with Crippen LogP contribution in [0.15, 0.2) is 11.8 Å². The minimum atomic E-state index is 0.293. The predicted octanol–water partition coefficient (Wildman–Crippen LogP) is 5.56. The van der Waals surface area contributed by atoms with Gasteiger partial charge in [0.1, 0.15) is 0 Å². The van der Waals surface area contributed by atoms with Crippen LogP contribution in [0.3, 0.4) is 0 Å². The average molecular weight is 240 g/mol. The van der Waals surface area contributed by atoms with Crippen LogP contribution in [0.25, 0.3) is 0 Å². The molecule has 0 bridgehead atoms. The van der Waals surface area contributed by atoms with Gasteiger partial charge in [0, 0.05) is 0 Å². The zero-order chi connectivity index (χ0) is 13.5. The molecule has 0 heterocycles. The molecule has 0 saturated heterocycles. The molecule has 0 amide bonds. The first-order valence-electron chi connectivity index (χ1n) is 7.16. The quantitative estimate of drug-likeness (QED) is 0.505. The highest BCUT2D eigenvalue weighted by Gasteiger charge is 2.29. The molecule has 0 unspecified atom stereocenters. The predicted molar refractivity (Wildman–Crippen MR) is 77.1 cm³/mol. The highest BCUT2D eigenvalue weighted by molar-refractivity contribution is 5.12. The Balaban J connectivity index is 5.01. The lowest BCUT2D eigenvalue weighted by Gasteiger charge is -2.35. The van der Waals surface area contributed by atoms with Gasteiger partial charge < -0.3 is 4.74 Å². The number of hydrogen-bond donors (Lipinski definition) is 0. The molecule has 0 radical (unpaired) electrons. The van der Waals surface area contributed by atoms with E-state index in [9.17, 15) is 0 Å². The Kier molecular flexibility index (Phi) is 6.89. The monoisotopic (exact) mass is 240 g/mol. The van der Waals surface area contributed by atoms with Gasteiger partial charge >= 0.3 is 0 Å². The minimum absolute atomic E-state index is 0.293. The Labute approximate surface area is 109 Å². The fourth-order valence-electron chi connectivity index (χ4n) is 1.93. The lowest BCUT2D eigenvalue weighted by molar-refractivity contribution is 0.230. The molecule has 0 rings (SSSR count). The van der Waals surface area contributed by atoms with Gasteiger partial charge in [-0.2, -0.15) is 0 Å². The fourth-order valence-corrected chi connectivity index (χ4v) is 1.93. The van der Waals surface area contributed by atoms with E-state index in [0.29, 0.717) is 10.8 Å². The van der Waals surface area contributed by atoms with E-state index in [0.717, 1.165) is 13.0 Å². The Morgan fingerprint density at radius 1 is 0.941 bits per heavy atom. The summed E-state index contributed by atoms with van der Waals surface area (Å²) in [6, 6.07) is 0. The van der Waals surface area contributed by atoms with Gasteiger partial charge in [-0.3, -0.25) is 0 Å². The molecule has 102 valence electrons. The van der Waals surface area contributed by atoms with Crippen LogP contribution in [0.5, 0.6) is 0 Å². The van der Waals surface area contributed by atoms with Crippen LogP contribution in [-0.2, 0) is 4.74 Å². The summed E-state index contributed by atoms with van der Waals surface area (Å²) in [4.78, 5) is 0. The molecule has 0 aliphatic rings. The van der Waals surface area contributed by atoms with Gasteiger partial charge in [-0.05, 0) is 42.6 Å². The van der Waals surface area contributed by atoms with Crippen LogP contribution in [-0.4, -0.2) is 6.61 Å². The molecule has 1 heteroatoms. The van der Waals surface area contributed by atoms with Crippen LogP contribution in [0.1, 0.15) is 74.1 Å². The molecule has 17 heavy (non-hydrogen) atoms. The van der Waals surface area contributed by atoms with E-state index in [1.165, 1.54) is 24.8 Å².